The molecule has 3 heteroatoms. The van der Waals surface area contributed by atoms with Crippen LogP contribution >= 0.6 is 11.8 Å². The van der Waals surface area contributed by atoms with Crippen molar-refractivity contribution in [2.45, 2.75) is 25.2 Å². The van der Waals surface area contributed by atoms with Gasteiger partial charge in [0.25, 0.3) is 0 Å². The predicted octanol–water partition coefficient (Wildman–Crippen LogP) is 3.76. The highest BCUT2D eigenvalue weighted by Crippen LogP contribution is 2.33. The van der Waals surface area contributed by atoms with E-state index in [0.717, 1.165) is 41.1 Å². The zero-order chi connectivity index (χ0) is 13.1. The lowest BCUT2D eigenvalue weighted by molar-refractivity contribution is 0.423. The first-order valence-electron chi connectivity index (χ1n) is 6.49. The van der Waals surface area contributed by atoms with Gasteiger partial charge in [-0.05, 0) is 36.6 Å². The number of anilines is 1. The summed E-state index contributed by atoms with van der Waals surface area (Å²) in [5, 5.41) is 9.38. The topological polar surface area (TPSA) is 27.0 Å². The van der Waals surface area contributed by atoms with Crippen LogP contribution in [-0.4, -0.2) is 19.3 Å². The fourth-order valence-electron chi connectivity index (χ4n) is 2.62. The summed E-state index contributed by atoms with van der Waals surface area (Å²) < 4.78 is 0. The van der Waals surface area contributed by atoms with Gasteiger partial charge in [0.15, 0.2) is 0 Å². The van der Waals surface area contributed by atoms with E-state index in [4.69, 9.17) is 0 Å². The number of hydrogen-bond acceptors (Lipinski definition) is 3. The number of benzene rings is 1. The van der Waals surface area contributed by atoms with Gasteiger partial charge in [-0.3, -0.25) is 0 Å². The van der Waals surface area contributed by atoms with Crippen LogP contribution in [0.2, 0.25) is 0 Å². The van der Waals surface area contributed by atoms with Gasteiger partial charge in [-0.15, -0.1) is 11.8 Å². The van der Waals surface area contributed by atoms with E-state index in [0.29, 0.717) is 0 Å². The van der Waals surface area contributed by atoms with Crippen molar-refractivity contribution in [1.29, 1.82) is 5.26 Å². The Balaban J connectivity index is 2.27. The minimum Gasteiger partial charge on any atom is -0.370 e. The molecule has 18 heavy (non-hydrogen) atoms. The highest BCUT2D eigenvalue weighted by Gasteiger charge is 2.26. The molecule has 1 aromatic carbocycles. The largest absolute Gasteiger partial charge is 0.370 e. The van der Waals surface area contributed by atoms with Crippen LogP contribution in [0.15, 0.2) is 23.1 Å². The molecule has 1 fully saturated rings. The molecule has 96 valence electrons. The monoisotopic (exact) mass is 260 g/mol. The average Bonchev–Trinajstić information content (AvgIpc) is 2.87. The third-order valence-corrected chi connectivity index (χ3v) is 4.62. The van der Waals surface area contributed by atoms with Gasteiger partial charge in [0.05, 0.1) is 11.3 Å². The van der Waals surface area contributed by atoms with Crippen molar-refractivity contribution >= 4 is 17.4 Å². The van der Waals surface area contributed by atoms with Gasteiger partial charge >= 0.3 is 0 Å². The zero-order valence-corrected chi connectivity index (χ0v) is 12.1. The van der Waals surface area contributed by atoms with Gasteiger partial charge < -0.3 is 4.90 Å². The quantitative estimate of drug-likeness (QED) is 0.774. The summed E-state index contributed by atoms with van der Waals surface area (Å²) in [4.78, 5) is 3.46. The number of thioether (sulfide) groups is 1. The summed E-state index contributed by atoms with van der Waals surface area (Å²) in [6.45, 7) is 6.74. The Kier molecular flexibility index (Phi) is 4.19. The molecule has 0 amide bonds. The van der Waals surface area contributed by atoms with Crippen molar-refractivity contribution in [3.05, 3.63) is 23.8 Å². The summed E-state index contributed by atoms with van der Waals surface area (Å²) in [6, 6.07) is 8.55. The van der Waals surface area contributed by atoms with E-state index in [1.807, 2.05) is 12.3 Å². The van der Waals surface area contributed by atoms with Gasteiger partial charge in [0.1, 0.15) is 6.07 Å². The summed E-state index contributed by atoms with van der Waals surface area (Å²) in [5.74, 6) is 1.48. The standard InChI is InChI=1S/C15H20N2S/c1-11(2)12-7-8-17(10-12)14-5-4-6-15(18-3)13(14)9-16/h4-6,11-12H,7-8,10H2,1-3H3. The Morgan fingerprint density at radius 2 is 2.22 bits per heavy atom. The molecule has 1 aliphatic rings. The molecule has 0 aromatic heterocycles. The molecule has 1 unspecified atom stereocenters. The number of nitrogens with zero attached hydrogens (tertiary/aromatic N) is 2. The average molecular weight is 260 g/mol. The Hall–Kier alpha value is -1.14. The van der Waals surface area contributed by atoms with E-state index in [-0.39, 0.29) is 0 Å². The molecule has 1 atom stereocenters. The normalized spacial score (nSPS) is 19.3. The van der Waals surface area contributed by atoms with E-state index < -0.39 is 0 Å². The van der Waals surface area contributed by atoms with Crippen LogP contribution in [-0.2, 0) is 0 Å². The summed E-state index contributed by atoms with van der Waals surface area (Å²) in [7, 11) is 0. The zero-order valence-electron chi connectivity index (χ0n) is 11.3. The van der Waals surface area contributed by atoms with Gasteiger partial charge in [0, 0.05) is 18.0 Å². The predicted molar refractivity (Wildman–Crippen MR) is 78.1 cm³/mol. The lowest BCUT2D eigenvalue weighted by Gasteiger charge is -2.22. The number of hydrogen-bond donors (Lipinski definition) is 0. The molecular weight excluding hydrogens is 240 g/mol. The molecule has 0 aliphatic carbocycles. The molecule has 0 saturated carbocycles. The third kappa shape index (κ3) is 2.49. The maximum atomic E-state index is 9.38. The second-order valence-corrected chi connectivity index (χ2v) is 6.05. The van der Waals surface area contributed by atoms with Crippen molar-refractivity contribution < 1.29 is 0 Å². The first kappa shape index (κ1) is 13.3. The van der Waals surface area contributed by atoms with Crippen LogP contribution in [0.3, 0.4) is 0 Å². The fourth-order valence-corrected chi connectivity index (χ4v) is 3.18. The smallest absolute Gasteiger partial charge is 0.103 e. The minimum absolute atomic E-state index is 0.726. The molecule has 1 aliphatic heterocycles. The third-order valence-electron chi connectivity index (χ3n) is 3.84. The van der Waals surface area contributed by atoms with Crippen LogP contribution < -0.4 is 4.90 Å². The Morgan fingerprint density at radius 3 is 2.78 bits per heavy atom. The molecule has 0 bridgehead atoms. The van der Waals surface area contributed by atoms with Crippen LogP contribution in [0.4, 0.5) is 5.69 Å². The van der Waals surface area contributed by atoms with Crippen LogP contribution in [0.1, 0.15) is 25.8 Å². The van der Waals surface area contributed by atoms with Gasteiger partial charge in [-0.1, -0.05) is 19.9 Å². The highest BCUT2D eigenvalue weighted by atomic mass is 32.2. The van der Waals surface area contributed by atoms with Crippen LogP contribution in [0.5, 0.6) is 0 Å². The first-order chi connectivity index (χ1) is 8.67. The Morgan fingerprint density at radius 1 is 1.44 bits per heavy atom. The summed E-state index contributed by atoms with van der Waals surface area (Å²) in [5.41, 5.74) is 1.96. The summed E-state index contributed by atoms with van der Waals surface area (Å²) >= 11 is 1.65. The maximum Gasteiger partial charge on any atom is 0.103 e. The molecule has 1 saturated heterocycles. The van der Waals surface area contributed by atoms with E-state index in [9.17, 15) is 5.26 Å². The molecule has 0 spiro atoms. The Bertz CT molecular complexity index is 462. The van der Waals surface area contributed by atoms with Gasteiger partial charge in [0.2, 0.25) is 0 Å². The fraction of sp³-hybridized carbons (Fsp3) is 0.533. The van der Waals surface area contributed by atoms with Gasteiger partial charge in [-0.25, -0.2) is 0 Å². The van der Waals surface area contributed by atoms with E-state index >= 15 is 0 Å². The number of nitriles is 1. The van der Waals surface area contributed by atoms with Crippen LogP contribution in [0, 0.1) is 23.2 Å². The van der Waals surface area contributed by atoms with Crippen molar-refractivity contribution in [1.82, 2.24) is 0 Å². The second kappa shape index (κ2) is 5.67. The van der Waals surface area contributed by atoms with Crippen molar-refractivity contribution in [2.75, 3.05) is 24.2 Å². The van der Waals surface area contributed by atoms with E-state index in [2.05, 4.69) is 36.9 Å². The van der Waals surface area contributed by atoms with E-state index in [1.165, 1.54) is 6.42 Å². The number of rotatable bonds is 3. The SMILES string of the molecule is CSc1cccc(N2CCC(C(C)C)C2)c1C#N. The molecule has 1 aromatic rings. The molecular formula is C15H20N2S. The lowest BCUT2D eigenvalue weighted by Crippen LogP contribution is -2.22. The van der Waals surface area contributed by atoms with E-state index in [1.54, 1.807) is 11.8 Å². The van der Waals surface area contributed by atoms with Gasteiger partial charge in [-0.2, -0.15) is 5.26 Å². The first-order valence-corrected chi connectivity index (χ1v) is 7.72. The van der Waals surface area contributed by atoms with Crippen molar-refractivity contribution in [3.63, 3.8) is 0 Å². The molecule has 1 heterocycles. The molecule has 2 nitrogen and oxygen atoms in total. The van der Waals surface area contributed by atoms with Crippen molar-refractivity contribution in [3.8, 4) is 6.07 Å². The lowest BCUT2D eigenvalue weighted by atomic mass is 9.95. The minimum atomic E-state index is 0.726. The molecule has 0 radical (unpaired) electrons. The second-order valence-electron chi connectivity index (χ2n) is 5.20. The van der Waals surface area contributed by atoms with Crippen LogP contribution in [0.25, 0.3) is 0 Å². The highest BCUT2D eigenvalue weighted by molar-refractivity contribution is 7.98. The molecule has 2 rings (SSSR count). The Labute approximate surface area is 114 Å². The van der Waals surface area contributed by atoms with Crippen molar-refractivity contribution in [2.24, 2.45) is 11.8 Å². The summed E-state index contributed by atoms with van der Waals surface area (Å²) in [6.07, 6.45) is 3.27. The maximum absolute atomic E-state index is 9.38. The molecule has 0 N–H and O–H groups in total.